The highest BCUT2D eigenvalue weighted by Crippen LogP contribution is 2.34. The van der Waals surface area contributed by atoms with E-state index in [1.165, 1.54) is 38.6 Å². The van der Waals surface area contributed by atoms with Crippen molar-refractivity contribution in [2.75, 3.05) is 20.1 Å². The molecule has 1 fully saturated rings. The molecule has 0 spiro atoms. The van der Waals surface area contributed by atoms with Crippen molar-refractivity contribution in [2.24, 2.45) is 5.92 Å². The molecule has 0 aromatic heterocycles. The SMILES string of the molecule is CCNC(CC)CCCN(C)C(C)C1CC1. The van der Waals surface area contributed by atoms with E-state index in [1.54, 1.807) is 0 Å². The van der Waals surface area contributed by atoms with Gasteiger partial charge in [-0.25, -0.2) is 0 Å². The second-order valence-electron chi connectivity index (χ2n) is 5.36. The molecule has 0 bridgehead atoms. The average molecular weight is 226 g/mol. The van der Waals surface area contributed by atoms with Crippen molar-refractivity contribution in [1.82, 2.24) is 10.2 Å². The van der Waals surface area contributed by atoms with Crippen LogP contribution in [0, 0.1) is 5.92 Å². The quantitative estimate of drug-likeness (QED) is 0.650. The fourth-order valence-corrected chi connectivity index (χ4v) is 2.47. The van der Waals surface area contributed by atoms with Gasteiger partial charge in [0.25, 0.3) is 0 Å². The van der Waals surface area contributed by atoms with Gasteiger partial charge in [-0.2, -0.15) is 0 Å². The van der Waals surface area contributed by atoms with Gasteiger partial charge in [-0.15, -0.1) is 0 Å². The predicted molar refractivity (Wildman–Crippen MR) is 71.8 cm³/mol. The summed E-state index contributed by atoms with van der Waals surface area (Å²) in [6, 6.07) is 1.54. The Morgan fingerprint density at radius 2 is 2.00 bits per heavy atom. The van der Waals surface area contributed by atoms with Crippen molar-refractivity contribution < 1.29 is 0 Å². The maximum atomic E-state index is 3.55. The smallest absolute Gasteiger partial charge is 0.00921 e. The van der Waals surface area contributed by atoms with Gasteiger partial charge in [-0.1, -0.05) is 13.8 Å². The summed E-state index contributed by atoms with van der Waals surface area (Å²) in [7, 11) is 2.29. The number of rotatable bonds is 9. The lowest BCUT2D eigenvalue weighted by molar-refractivity contribution is 0.226. The van der Waals surface area contributed by atoms with Gasteiger partial charge in [0.05, 0.1) is 0 Å². The van der Waals surface area contributed by atoms with E-state index in [0.717, 1.165) is 24.5 Å². The molecular formula is C14H30N2. The van der Waals surface area contributed by atoms with Crippen LogP contribution in [0.2, 0.25) is 0 Å². The van der Waals surface area contributed by atoms with Crippen LogP contribution in [0.1, 0.15) is 52.9 Å². The largest absolute Gasteiger partial charge is 0.314 e. The van der Waals surface area contributed by atoms with Crippen LogP contribution in [-0.4, -0.2) is 37.1 Å². The van der Waals surface area contributed by atoms with Crippen LogP contribution in [0.4, 0.5) is 0 Å². The standard InChI is InChI=1S/C14H30N2/c1-5-14(15-6-2)8-7-11-16(4)12(3)13-9-10-13/h12-15H,5-11H2,1-4H3. The molecule has 0 aromatic rings. The molecule has 1 aliphatic carbocycles. The molecule has 2 nitrogen and oxygen atoms in total. The third-order valence-corrected chi connectivity index (χ3v) is 4.05. The Bertz CT molecular complexity index is 178. The Hall–Kier alpha value is -0.0800. The number of hydrogen-bond donors (Lipinski definition) is 1. The first-order valence-corrected chi connectivity index (χ1v) is 7.12. The minimum Gasteiger partial charge on any atom is -0.314 e. The normalized spacial score (nSPS) is 20.1. The molecule has 1 saturated carbocycles. The second-order valence-corrected chi connectivity index (χ2v) is 5.36. The lowest BCUT2D eigenvalue weighted by atomic mass is 10.1. The molecule has 1 N–H and O–H groups in total. The molecule has 16 heavy (non-hydrogen) atoms. The Morgan fingerprint density at radius 1 is 1.31 bits per heavy atom. The Kier molecular flexibility index (Phi) is 6.37. The van der Waals surface area contributed by atoms with Gasteiger partial charge in [0, 0.05) is 12.1 Å². The van der Waals surface area contributed by atoms with E-state index in [9.17, 15) is 0 Å². The van der Waals surface area contributed by atoms with E-state index < -0.39 is 0 Å². The zero-order valence-electron chi connectivity index (χ0n) is 11.6. The van der Waals surface area contributed by atoms with Crippen LogP contribution in [0.25, 0.3) is 0 Å². The Balaban J connectivity index is 2.08. The van der Waals surface area contributed by atoms with Gasteiger partial charge in [-0.05, 0) is 65.1 Å². The summed E-state index contributed by atoms with van der Waals surface area (Å²) >= 11 is 0. The fourth-order valence-electron chi connectivity index (χ4n) is 2.47. The van der Waals surface area contributed by atoms with Crippen molar-refractivity contribution in [3.8, 4) is 0 Å². The van der Waals surface area contributed by atoms with Gasteiger partial charge in [0.1, 0.15) is 0 Å². The van der Waals surface area contributed by atoms with Crippen LogP contribution < -0.4 is 5.32 Å². The zero-order valence-corrected chi connectivity index (χ0v) is 11.6. The van der Waals surface area contributed by atoms with E-state index in [1.807, 2.05) is 0 Å². The first-order valence-electron chi connectivity index (χ1n) is 7.12. The summed E-state index contributed by atoms with van der Waals surface area (Å²) in [6.45, 7) is 9.24. The second kappa shape index (κ2) is 7.29. The first-order chi connectivity index (χ1) is 7.69. The van der Waals surface area contributed by atoms with Gasteiger partial charge in [0.15, 0.2) is 0 Å². The van der Waals surface area contributed by atoms with Crippen molar-refractivity contribution >= 4 is 0 Å². The molecule has 0 radical (unpaired) electrons. The monoisotopic (exact) mass is 226 g/mol. The van der Waals surface area contributed by atoms with Crippen LogP contribution in [-0.2, 0) is 0 Å². The molecule has 0 heterocycles. The minimum atomic E-state index is 0.731. The zero-order chi connectivity index (χ0) is 12.0. The fraction of sp³-hybridized carbons (Fsp3) is 1.00. The van der Waals surface area contributed by atoms with Crippen molar-refractivity contribution in [3.63, 3.8) is 0 Å². The van der Waals surface area contributed by atoms with E-state index in [0.29, 0.717) is 0 Å². The molecule has 1 aliphatic rings. The molecule has 0 amide bonds. The molecule has 2 heteroatoms. The van der Waals surface area contributed by atoms with Gasteiger partial charge in [-0.3, -0.25) is 0 Å². The minimum absolute atomic E-state index is 0.731. The van der Waals surface area contributed by atoms with Crippen molar-refractivity contribution in [3.05, 3.63) is 0 Å². The Morgan fingerprint density at radius 3 is 2.50 bits per heavy atom. The summed E-state index contributed by atoms with van der Waals surface area (Å²) in [5.41, 5.74) is 0. The summed E-state index contributed by atoms with van der Waals surface area (Å²) in [5.74, 6) is 1.00. The lowest BCUT2D eigenvalue weighted by Crippen LogP contribution is -2.33. The van der Waals surface area contributed by atoms with Gasteiger partial charge in [0.2, 0.25) is 0 Å². The molecule has 96 valence electrons. The number of hydrogen-bond acceptors (Lipinski definition) is 2. The van der Waals surface area contributed by atoms with E-state index >= 15 is 0 Å². The van der Waals surface area contributed by atoms with Crippen LogP contribution in [0.3, 0.4) is 0 Å². The first kappa shape index (κ1) is 14.0. The molecule has 1 rings (SSSR count). The van der Waals surface area contributed by atoms with E-state index in [-0.39, 0.29) is 0 Å². The average Bonchev–Trinajstić information content (AvgIpc) is 3.10. The van der Waals surface area contributed by atoms with Crippen LogP contribution in [0.5, 0.6) is 0 Å². The summed E-state index contributed by atoms with van der Waals surface area (Å²) < 4.78 is 0. The van der Waals surface area contributed by atoms with Crippen molar-refractivity contribution in [2.45, 2.75) is 65.0 Å². The number of nitrogens with one attached hydrogen (secondary N) is 1. The molecule has 0 aliphatic heterocycles. The highest BCUT2D eigenvalue weighted by Gasteiger charge is 2.30. The van der Waals surface area contributed by atoms with Crippen LogP contribution in [0.15, 0.2) is 0 Å². The highest BCUT2D eigenvalue weighted by atomic mass is 15.1. The lowest BCUT2D eigenvalue weighted by Gasteiger charge is -2.25. The molecule has 2 unspecified atom stereocenters. The molecular weight excluding hydrogens is 196 g/mol. The number of nitrogens with zero attached hydrogens (tertiary/aromatic N) is 1. The van der Waals surface area contributed by atoms with E-state index in [2.05, 4.69) is 38.0 Å². The van der Waals surface area contributed by atoms with Crippen molar-refractivity contribution in [1.29, 1.82) is 0 Å². The molecule has 2 atom stereocenters. The van der Waals surface area contributed by atoms with Gasteiger partial charge >= 0.3 is 0 Å². The van der Waals surface area contributed by atoms with Gasteiger partial charge < -0.3 is 10.2 Å². The third-order valence-electron chi connectivity index (χ3n) is 4.05. The predicted octanol–water partition coefficient (Wildman–Crippen LogP) is 2.89. The van der Waals surface area contributed by atoms with Crippen LogP contribution >= 0.6 is 0 Å². The maximum absolute atomic E-state index is 3.55. The topological polar surface area (TPSA) is 15.3 Å². The van der Waals surface area contributed by atoms with E-state index in [4.69, 9.17) is 0 Å². The highest BCUT2D eigenvalue weighted by molar-refractivity contribution is 4.84. The summed E-state index contributed by atoms with van der Waals surface area (Å²) in [5, 5.41) is 3.55. The molecule has 0 aromatic carbocycles. The summed E-state index contributed by atoms with van der Waals surface area (Å²) in [4.78, 5) is 2.55. The third kappa shape index (κ3) is 4.84. The maximum Gasteiger partial charge on any atom is 0.00921 e. The Labute approximate surface area is 102 Å². The summed E-state index contributed by atoms with van der Waals surface area (Å²) in [6.07, 6.45) is 6.84. The molecule has 0 saturated heterocycles.